The second-order valence-corrected chi connectivity index (χ2v) is 8.27. The molecule has 4 rings (SSSR count). The molecule has 1 aliphatic carbocycles. The molecule has 152 valence electrons. The van der Waals surface area contributed by atoms with E-state index >= 15 is 0 Å². The molecule has 1 N–H and O–H groups in total. The fourth-order valence-corrected chi connectivity index (χ4v) is 4.61. The molecule has 7 heteroatoms. The van der Waals surface area contributed by atoms with Crippen LogP contribution in [0, 0.1) is 5.92 Å². The van der Waals surface area contributed by atoms with E-state index in [2.05, 4.69) is 5.32 Å². The van der Waals surface area contributed by atoms with Gasteiger partial charge in [0.1, 0.15) is 0 Å². The molecule has 0 radical (unpaired) electrons. The Balaban J connectivity index is 1.67. The van der Waals surface area contributed by atoms with Gasteiger partial charge in [-0.25, -0.2) is 9.79 Å². The first-order valence-electron chi connectivity index (χ1n) is 9.99. The normalized spacial score (nSPS) is 20.8. The molecule has 0 unspecified atom stereocenters. The van der Waals surface area contributed by atoms with E-state index in [1.807, 2.05) is 47.6 Å². The Morgan fingerprint density at radius 1 is 1.28 bits per heavy atom. The highest BCUT2D eigenvalue weighted by Gasteiger charge is 2.41. The van der Waals surface area contributed by atoms with Crippen molar-refractivity contribution >= 4 is 28.8 Å². The largest absolute Gasteiger partial charge is 0.466 e. The Bertz CT molecular complexity index is 903. The third-order valence-electron chi connectivity index (χ3n) is 5.37. The minimum atomic E-state index is -0.382. The lowest BCUT2D eigenvalue weighted by Crippen LogP contribution is -2.38. The molecular weight excluding hydrogens is 386 g/mol. The number of hydrogen-bond donors (Lipinski definition) is 1. The fourth-order valence-electron chi connectivity index (χ4n) is 3.67. The summed E-state index contributed by atoms with van der Waals surface area (Å²) in [5.41, 5.74) is 3.10. The molecule has 0 saturated heterocycles. The van der Waals surface area contributed by atoms with Gasteiger partial charge in [-0.05, 0) is 36.2 Å². The number of rotatable bonds is 7. The van der Waals surface area contributed by atoms with Gasteiger partial charge >= 0.3 is 5.97 Å². The highest BCUT2D eigenvalue weighted by molar-refractivity contribution is 8.16. The van der Waals surface area contributed by atoms with E-state index in [0.717, 1.165) is 28.7 Å². The number of carbonyl (C=O) groups excluding carboxylic acids is 2. The van der Waals surface area contributed by atoms with E-state index in [9.17, 15) is 9.59 Å². The lowest BCUT2D eigenvalue weighted by atomic mass is 9.93. The monoisotopic (exact) mass is 411 g/mol. The second kappa shape index (κ2) is 8.45. The molecule has 1 saturated carbocycles. The maximum absolute atomic E-state index is 12.7. The molecular formula is C22H25N3O3S. The van der Waals surface area contributed by atoms with Crippen LogP contribution in [0.3, 0.4) is 0 Å². The maximum atomic E-state index is 12.7. The van der Waals surface area contributed by atoms with Gasteiger partial charge in [-0.2, -0.15) is 0 Å². The molecule has 0 spiro atoms. The van der Waals surface area contributed by atoms with Crippen molar-refractivity contribution in [1.29, 1.82) is 0 Å². The summed E-state index contributed by atoms with van der Waals surface area (Å²) in [6.07, 6.45) is 3.29. The summed E-state index contributed by atoms with van der Waals surface area (Å²) >= 11 is 1.50. The summed E-state index contributed by atoms with van der Waals surface area (Å²) in [5.74, 6) is 0.255. The number of carbonyl (C=O) groups is 2. The number of amides is 1. The molecule has 3 aliphatic rings. The molecule has 0 bridgehead atoms. The predicted molar refractivity (Wildman–Crippen MR) is 114 cm³/mol. The Morgan fingerprint density at radius 3 is 2.69 bits per heavy atom. The number of methoxy groups -OCH3 is 1. The van der Waals surface area contributed by atoms with E-state index in [1.165, 1.54) is 31.7 Å². The van der Waals surface area contributed by atoms with Gasteiger partial charge in [-0.3, -0.25) is 4.79 Å². The van der Waals surface area contributed by atoms with Gasteiger partial charge in [0.05, 0.1) is 30.8 Å². The molecule has 1 atom stereocenters. The third-order valence-corrected chi connectivity index (χ3v) is 6.26. The van der Waals surface area contributed by atoms with Crippen LogP contribution in [-0.4, -0.2) is 35.6 Å². The fraction of sp³-hybridized carbons (Fsp3) is 0.409. The minimum Gasteiger partial charge on any atom is -0.466 e. The molecule has 29 heavy (non-hydrogen) atoms. The predicted octanol–water partition coefficient (Wildman–Crippen LogP) is 3.74. The lowest BCUT2D eigenvalue weighted by Gasteiger charge is -2.36. The quantitative estimate of drug-likeness (QED) is 0.692. The van der Waals surface area contributed by atoms with Crippen molar-refractivity contribution in [1.82, 2.24) is 10.2 Å². The third kappa shape index (κ3) is 4.10. The van der Waals surface area contributed by atoms with Crippen LogP contribution in [0.2, 0.25) is 0 Å². The van der Waals surface area contributed by atoms with Crippen LogP contribution in [0.15, 0.2) is 57.7 Å². The maximum Gasteiger partial charge on any atom is 0.338 e. The van der Waals surface area contributed by atoms with Crippen molar-refractivity contribution in [2.24, 2.45) is 10.9 Å². The number of aliphatic imine (C=N–C) groups is 1. The van der Waals surface area contributed by atoms with Crippen LogP contribution < -0.4 is 5.32 Å². The highest BCUT2D eigenvalue weighted by Crippen LogP contribution is 2.45. The summed E-state index contributed by atoms with van der Waals surface area (Å²) in [6, 6.07) is 9.50. The van der Waals surface area contributed by atoms with E-state index in [-0.39, 0.29) is 24.3 Å². The standard InChI is InChI=1S/C22H25N3O3S/c1-3-17-19(21(27)28-2)20(15-7-5-4-6-8-15)25-16(13-29-22(25)24-17)11-18(26)23-12-14-9-10-14/h4-8,13-14,20H,3,9-12H2,1-2H3,(H,23,26)/t20-/m1/s1. The summed E-state index contributed by atoms with van der Waals surface area (Å²) in [5, 5.41) is 5.80. The number of thioether (sulfide) groups is 1. The average molecular weight is 412 g/mol. The van der Waals surface area contributed by atoms with Crippen molar-refractivity contribution in [3.63, 3.8) is 0 Å². The molecule has 6 nitrogen and oxygen atoms in total. The van der Waals surface area contributed by atoms with Crippen LogP contribution in [0.5, 0.6) is 0 Å². The first-order valence-corrected chi connectivity index (χ1v) is 10.9. The van der Waals surface area contributed by atoms with E-state index < -0.39 is 0 Å². The van der Waals surface area contributed by atoms with Crippen molar-refractivity contribution in [2.75, 3.05) is 13.7 Å². The van der Waals surface area contributed by atoms with Crippen molar-refractivity contribution in [3.05, 3.63) is 58.3 Å². The van der Waals surface area contributed by atoms with Gasteiger partial charge in [0, 0.05) is 12.2 Å². The molecule has 1 fully saturated rings. The number of amidine groups is 1. The Hall–Kier alpha value is -2.54. The molecule has 2 aliphatic heterocycles. The zero-order valence-corrected chi connectivity index (χ0v) is 17.5. The van der Waals surface area contributed by atoms with Gasteiger partial charge in [0.2, 0.25) is 5.91 Å². The van der Waals surface area contributed by atoms with E-state index in [1.54, 1.807) is 0 Å². The highest BCUT2D eigenvalue weighted by atomic mass is 32.2. The van der Waals surface area contributed by atoms with Crippen molar-refractivity contribution in [2.45, 2.75) is 38.6 Å². The first kappa shape index (κ1) is 19.8. The Labute approximate surface area is 175 Å². The van der Waals surface area contributed by atoms with E-state index in [0.29, 0.717) is 17.9 Å². The smallest absolute Gasteiger partial charge is 0.338 e. The number of fused-ring (bicyclic) bond motifs is 1. The second-order valence-electron chi connectivity index (χ2n) is 7.43. The van der Waals surface area contributed by atoms with Crippen LogP contribution >= 0.6 is 11.8 Å². The number of benzene rings is 1. The van der Waals surface area contributed by atoms with Gasteiger partial charge in [0.25, 0.3) is 0 Å². The van der Waals surface area contributed by atoms with Crippen molar-refractivity contribution < 1.29 is 14.3 Å². The van der Waals surface area contributed by atoms with Crippen LogP contribution in [0.1, 0.15) is 44.2 Å². The summed E-state index contributed by atoms with van der Waals surface area (Å²) in [7, 11) is 1.39. The summed E-state index contributed by atoms with van der Waals surface area (Å²) in [4.78, 5) is 32.0. The topological polar surface area (TPSA) is 71.0 Å². The molecule has 1 amide bonds. The minimum absolute atomic E-state index is 0.00157. The SMILES string of the molecule is CCC1=C(C(=O)OC)[C@@H](c2ccccc2)N2C(CC(=O)NCC3CC3)=CSC2=N1. The molecule has 1 aromatic carbocycles. The van der Waals surface area contributed by atoms with Crippen molar-refractivity contribution in [3.8, 4) is 0 Å². The van der Waals surface area contributed by atoms with Crippen LogP contribution in [-0.2, 0) is 14.3 Å². The zero-order valence-electron chi connectivity index (χ0n) is 16.7. The zero-order chi connectivity index (χ0) is 20.4. The van der Waals surface area contributed by atoms with Gasteiger partial charge < -0.3 is 15.0 Å². The number of nitrogens with one attached hydrogen (secondary N) is 1. The number of hydrogen-bond acceptors (Lipinski definition) is 6. The summed E-state index contributed by atoms with van der Waals surface area (Å²) < 4.78 is 5.11. The first-order chi connectivity index (χ1) is 14.1. The number of esters is 1. The van der Waals surface area contributed by atoms with Gasteiger partial charge in [-0.15, -0.1) is 0 Å². The Morgan fingerprint density at radius 2 is 2.03 bits per heavy atom. The summed E-state index contributed by atoms with van der Waals surface area (Å²) in [6.45, 7) is 2.73. The lowest BCUT2D eigenvalue weighted by molar-refractivity contribution is -0.136. The molecule has 2 heterocycles. The average Bonchev–Trinajstić information content (AvgIpc) is 3.51. The molecule has 1 aromatic rings. The van der Waals surface area contributed by atoms with Crippen LogP contribution in [0.4, 0.5) is 0 Å². The number of allylic oxidation sites excluding steroid dienone is 1. The van der Waals surface area contributed by atoms with Crippen LogP contribution in [0.25, 0.3) is 0 Å². The number of nitrogens with zero attached hydrogens (tertiary/aromatic N) is 2. The number of ether oxygens (including phenoxy) is 1. The van der Waals surface area contributed by atoms with E-state index in [4.69, 9.17) is 9.73 Å². The Kier molecular flexibility index (Phi) is 5.76. The van der Waals surface area contributed by atoms with Gasteiger partial charge in [-0.1, -0.05) is 49.0 Å². The molecule has 0 aromatic heterocycles. The van der Waals surface area contributed by atoms with Gasteiger partial charge in [0.15, 0.2) is 5.17 Å².